The number of hydrazone groups is 1. The lowest BCUT2D eigenvalue weighted by molar-refractivity contribution is 0.442. The van der Waals surface area contributed by atoms with Gasteiger partial charge >= 0.3 is 0 Å². The van der Waals surface area contributed by atoms with Crippen molar-refractivity contribution in [3.63, 3.8) is 0 Å². The molecular formula is C12H13N3. The second-order valence-corrected chi connectivity index (χ2v) is 3.93. The summed E-state index contributed by atoms with van der Waals surface area (Å²) in [5.74, 6) is 1.04. The maximum atomic E-state index is 4.70. The minimum absolute atomic E-state index is 0.406. The molecule has 0 N–H and O–H groups in total. The maximum Gasteiger partial charge on any atom is 0.152 e. The van der Waals surface area contributed by atoms with Crippen LogP contribution in [0.5, 0.6) is 0 Å². The largest absolute Gasteiger partial charge is 0.261 e. The van der Waals surface area contributed by atoms with Gasteiger partial charge in [0, 0.05) is 11.1 Å². The zero-order chi connectivity index (χ0) is 10.3. The van der Waals surface area contributed by atoms with E-state index >= 15 is 0 Å². The number of rotatable bonds is 1. The van der Waals surface area contributed by atoms with E-state index in [1.807, 2.05) is 17.3 Å². The lowest BCUT2D eigenvalue weighted by Crippen LogP contribution is -2.28. The molecule has 0 aliphatic carbocycles. The van der Waals surface area contributed by atoms with Crippen molar-refractivity contribution >= 4 is 12.1 Å². The van der Waals surface area contributed by atoms with E-state index in [9.17, 15) is 0 Å². The minimum Gasteiger partial charge on any atom is -0.261 e. The number of hydrogen-bond acceptors (Lipinski definition) is 3. The van der Waals surface area contributed by atoms with Gasteiger partial charge < -0.3 is 0 Å². The van der Waals surface area contributed by atoms with Crippen molar-refractivity contribution in [3.05, 3.63) is 35.4 Å². The summed E-state index contributed by atoms with van der Waals surface area (Å²) in [4.78, 5) is 4.70. The maximum absolute atomic E-state index is 4.70. The van der Waals surface area contributed by atoms with Crippen molar-refractivity contribution in [1.82, 2.24) is 5.01 Å². The fraction of sp³-hybridized carbons (Fsp3) is 0.333. The third-order valence-electron chi connectivity index (χ3n) is 2.94. The summed E-state index contributed by atoms with van der Waals surface area (Å²) >= 11 is 0. The average molecular weight is 199 g/mol. The van der Waals surface area contributed by atoms with Crippen LogP contribution in [0.1, 0.15) is 24.5 Å². The molecule has 3 rings (SSSR count). The molecule has 0 radical (unpaired) electrons. The van der Waals surface area contributed by atoms with Crippen molar-refractivity contribution < 1.29 is 0 Å². The molecule has 0 amide bonds. The molecule has 1 aromatic rings. The third-order valence-corrected chi connectivity index (χ3v) is 2.94. The Morgan fingerprint density at radius 2 is 2.27 bits per heavy atom. The van der Waals surface area contributed by atoms with E-state index in [1.165, 1.54) is 11.1 Å². The highest BCUT2D eigenvalue weighted by atomic mass is 15.5. The van der Waals surface area contributed by atoms with Gasteiger partial charge in [-0.25, -0.2) is 5.01 Å². The topological polar surface area (TPSA) is 28.0 Å². The summed E-state index contributed by atoms with van der Waals surface area (Å²) in [6.45, 7) is 3.10. The van der Waals surface area contributed by atoms with Crippen molar-refractivity contribution in [3.8, 4) is 0 Å². The molecule has 0 saturated heterocycles. The first-order valence-electron chi connectivity index (χ1n) is 5.37. The summed E-state index contributed by atoms with van der Waals surface area (Å²) in [6.07, 6.45) is 3.00. The summed E-state index contributed by atoms with van der Waals surface area (Å²) in [5, 5.41) is 6.42. The van der Waals surface area contributed by atoms with Crippen LogP contribution in [-0.4, -0.2) is 29.6 Å². The van der Waals surface area contributed by atoms with Crippen LogP contribution in [0.25, 0.3) is 0 Å². The standard InChI is InChI=1S/C12H13N3/c1-2-10-8-15-12(14-10)11-6-4-3-5-9(11)7-13-15/h3-7,10H,2,8H2,1H3. The average Bonchev–Trinajstić information content (AvgIpc) is 2.72. The molecule has 1 atom stereocenters. The Morgan fingerprint density at radius 1 is 1.40 bits per heavy atom. The van der Waals surface area contributed by atoms with Gasteiger partial charge in [-0.05, 0) is 6.42 Å². The van der Waals surface area contributed by atoms with Crippen LogP contribution in [0.2, 0.25) is 0 Å². The zero-order valence-corrected chi connectivity index (χ0v) is 8.72. The molecule has 1 aromatic carbocycles. The molecule has 0 bridgehead atoms. The van der Waals surface area contributed by atoms with Crippen molar-refractivity contribution in [1.29, 1.82) is 0 Å². The first-order chi connectivity index (χ1) is 7.38. The van der Waals surface area contributed by atoms with Gasteiger partial charge in [0.15, 0.2) is 5.84 Å². The van der Waals surface area contributed by atoms with Crippen LogP contribution in [0, 0.1) is 0 Å². The van der Waals surface area contributed by atoms with Gasteiger partial charge in [-0.3, -0.25) is 4.99 Å². The number of hydrogen-bond donors (Lipinski definition) is 0. The molecular weight excluding hydrogens is 186 g/mol. The smallest absolute Gasteiger partial charge is 0.152 e. The Kier molecular flexibility index (Phi) is 1.84. The number of aliphatic imine (C=N–C) groups is 1. The highest BCUT2D eigenvalue weighted by Crippen LogP contribution is 2.22. The Morgan fingerprint density at radius 3 is 3.13 bits per heavy atom. The van der Waals surface area contributed by atoms with Gasteiger partial charge in [0.1, 0.15) is 0 Å². The van der Waals surface area contributed by atoms with Gasteiger partial charge in [-0.1, -0.05) is 31.2 Å². The number of fused-ring (bicyclic) bond motifs is 3. The van der Waals surface area contributed by atoms with E-state index in [0.29, 0.717) is 6.04 Å². The van der Waals surface area contributed by atoms with Gasteiger partial charge in [-0.15, -0.1) is 0 Å². The highest BCUT2D eigenvalue weighted by Gasteiger charge is 2.27. The summed E-state index contributed by atoms with van der Waals surface area (Å²) in [7, 11) is 0. The summed E-state index contributed by atoms with van der Waals surface area (Å²) < 4.78 is 0. The molecule has 0 spiro atoms. The molecule has 0 aromatic heterocycles. The lowest BCUT2D eigenvalue weighted by Gasteiger charge is -2.20. The van der Waals surface area contributed by atoms with Crippen molar-refractivity contribution in [2.45, 2.75) is 19.4 Å². The van der Waals surface area contributed by atoms with Crippen LogP contribution in [0.15, 0.2) is 34.4 Å². The zero-order valence-electron chi connectivity index (χ0n) is 8.72. The first-order valence-corrected chi connectivity index (χ1v) is 5.37. The minimum atomic E-state index is 0.406. The van der Waals surface area contributed by atoms with Crippen LogP contribution in [-0.2, 0) is 0 Å². The SMILES string of the molecule is CCC1CN2N=Cc3ccccc3C2=N1. The van der Waals surface area contributed by atoms with Gasteiger partial charge in [0.05, 0.1) is 18.8 Å². The van der Waals surface area contributed by atoms with E-state index in [4.69, 9.17) is 4.99 Å². The van der Waals surface area contributed by atoms with Gasteiger partial charge in [0.2, 0.25) is 0 Å². The van der Waals surface area contributed by atoms with Gasteiger partial charge in [0.25, 0.3) is 0 Å². The monoisotopic (exact) mass is 199 g/mol. The Hall–Kier alpha value is -1.64. The van der Waals surface area contributed by atoms with E-state index < -0.39 is 0 Å². The van der Waals surface area contributed by atoms with Crippen LogP contribution in [0.3, 0.4) is 0 Å². The van der Waals surface area contributed by atoms with E-state index in [0.717, 1.165) is 18.8 Å². The molecule has 76 valence electrons. The predicted octanol–water partition coefficient (Wildman–Crippen LogP) is 1.87. The molecule has 3 nitrogen and oxygen atoms in total. The highest BCUT2D eigenvalue weighted by molar-refractivity contribution is 6.08. The molecule has 1 unspecified atom stereocenters. The Balaban J connectivity index is 2.10. The fourth-order valence-corrected chi connectivity index (χ4v) is 2.04. The quantitative estimate of drug-likeness (QED) is 0.678. The third kappa shape index (κ3) is 1.27. The van der Waals surface area contributed by atoms with Crippen molar-refractivity contribution in [2.24, 2.45) is 10.1 Å². The van der Waals surface area contributed by atoms with Crippen LogP contribution >= 0.6 is 0 Å². The molecule has 0 fully saturated rings. The Labute approximate surface area is 89.1 Å². The molecule has 3 heteroatoms. The van der Waals surface area contributed by atoms with Gasteiger partial charge in [-0.2, -0.15) is 5.10 Å². The van der Waals surface area contributed by atoms with Crippen molar-refractivity contribution in [2.75, 3.05) is 6.54 Å². The predicted molar refractivity (Wildman–Crippen MR) is 61.4 cm³/mol. The number of benzene rings is 1. The molecule has 15 heavy (non-hydrogen) atoms. The Bertz CT molecular complexity index is 448. The first kappa shape index (κ1) is 8.65. The summed E-state index contributed by atoms with van der Waals surface area (Å²) in [6, 6.07) is 8.69. The van der Waals surface area contributed by atoms with E-state index in [1.54, 1.807) is 0 Å². The van der Waals surface area contributed by atoms with Crippen LogP contribution in [0.4, 0.5) is 0 Å². The number of amidine groups is 1. The van der Waals surface area contributed by atoms with E-state index in [2.05, 4.69) is 30.2 Å². The second-order valence-electron chi connectivity index (χ2n) is 3.93. The normalized spacial score (nSPS) is 22.3. The number of nitrogens with zero attached hydrogens (tertiary/aromatic N) is 3. The second kappa shape index (κ2) is 3.19. The summed E-state index contributed by atoms with van der Waals surface area (Å²) in [5.41, 5.74) is 2.38. The fourth-order valence-electron chi connectivity index (χ4n) is 2.04. The molecule has 2 aliphatic rings. The molecule has 2 aliphatic heterocycles. The molecule has 2 heterocycles. The lowest BCUT2D eigenvalue weighted by atomic mass is 10.1. The van der Waals surface area contributed by atoms with E-state index in [-0.39, 0.29) is 0 Å². The molecule has 0 saturated carbocycles. The van der Waals surface area contributed by atoms with Crippen LogP contribution < -0.4 is 0 Å².